The molecule has 21 heavy (non-hydrogen) atoms. The molecule has 0 aliphatic rings. The normalized spacial score (nSPS) is 10.6. The molecule has 2 aromatic rings. The van der Waals surface area contributed by atoms with Crippen molar-refractivity contribution in [1.82, 2.24) is 5.32 Å². The summed E-state index contributed by atoms with van der Waals surface area (Å²) in [6, 6.07) is 11.3. The Morgan fingerprint density at radius 1 is 1.10 bits per heavy atom. The van der Waals surface area contributed by atoms with Crippen LogP contribution in [0.5, 0.6) is 0 Å². The minimum atomic E-state index is -0.348. The number of aryl methyl sites for hydroxylation is 2. The summed E-state index contributed by atoms with van der Waals surface area (Å²) in [5.41, 5.74) is 4.52. The highest BCUT2D eigenvalue weighted by Gasteiger charge is 2.13. The molecule has 2 rings (SSSR count). The summed E-state index contributed by atoms with van der Waals surface area (Å²) in [6.45, 7) is 5.31. The summed E-state index contributed by atoms with van der Waals surface area (Å²) in [7, 11) is 0. The van der Waals surface area contributed by atoms with Crippen molar-refractivity contribution in [2.75, 3.05) is 0 Å². The van der Waals surface area contributed by atoms with E-state index in [-0.39, 0.29) is 10.6 Å². The van der Waals surface area contributed by atoms with Gasteiger partial charge in [0.1, 0.15) is 0 Å². The van der Waals surface area contributed by atoms with Crippen LogP contribution in [0.3, 0.4) is 0 Å². The van der Waals surface area contributed by atoms with Crippen molar-refractivity contribution >= 4 is 21.6 Å². The predicted octanol–water partition coefficient (Wildman–Crippen LogP) is 4.26. The Morgan fingerprint density at radius 2 is 1.86 bits per heavy atom. The van der Waals surface area contributed by atoms with Crippen LogP contribution < -0.4 is 5.32 Å². The van der Waals surface area contributed by atoms with E-state index in [2.05, 4.69) is 53.3 Å². The third-order valence-electron chi connectivity index (χ3n) is 3.45. The van der Waals surface area contributed by atoms with Crippen molar-refractivity contribution in [2.45, 2.75) is 26.9 Å². The summed E-state index contributed by atoms with van der Waals surface area (Å²) in [5, 5.41) is 14.3. The van der Waals surface area contributed by atoms with Crippen LogP contribution in [0.1, 0.15) is 22.3 Å². The molecule has 0 radical (unpaired) electrons. The SMILES string of the molecule is Cc1ccc(CNCc2cc(Br)ccc2[N+](=O)[O-])cc1C. The molecule has 4 nitrogen and oxygen atoms in total. The fourth-order valence-electron chi connectivity index (χ4n) is 2.13. The first-order valence-electron chi connectivity index (χ1n) is 6.67. The van der Waals surface area contributed by atoms with Crippen molar-refractivity contribution in [1.29, 1.82) is 0 Å². The molecule has 0 atom stereocenters. The molecule has 0 unspecified atom stereocenters. The Labute approximate surface area is 132 Å². The Hall–Kier alpha value is -1.72. The van der Waals surface area contributed by atoms with Crippen molar-refractivity contribution in [3.8, 4) is 0 Å². The minimum absolute atomic E-state index is 0.144. The van der Waals surface area contributed by atoms with Crippen molar-refractivity contribution in [3.63, 3.8) is 0 Å². The van der Waals surface area contributed by atoms with Gasteiger partial charge in [-0.15, -0.1) is 0 Å². The number of hydrogen-bond acceptors (Lipinski definition) is 3. The van der Waals surface area contributed by atoms with Crippen molar-refractivity contribution in [3.05, 3.63) is 73.2 Å². The van der Waals surface area contributed by atoms with E-state index >= 15 is 0 Å². The average Bonchev–Trinajstić information content (AvgIpc) is 2.42. The van der Waals surface area contributed by atoms with E-state index in [0.29, 0.717) is 18.7 Å². The van der Waals surface area contributed by atoms with Gasteiger partial charge in [0.15, 0.2) is 0 Å². The molecule has 1 N–H and O–H groups in total. The highest BCUT2D eigenvalue weighted by molar-refractivity contribution is 9.10. The molecule has 110 valence electrons. The smallest absolute Gasteiger partial charge is 0.273 e. The fraction of sp³-hybridized carbons (Fsp3) is 0.250. The zero-order chi connectivity index (χ0) is 15.4. The van der Waals surface area contributed by atoms with E-state index in [4.69, 9.17) is 0 Å². The van der Waals surface area contributed by atoms with Crippen molar-refractivity contribution in [2.24, 2.45) is 0 Å². The monoisotopic (exact) mass is 348 g/mol. The zero-order valence-corrected chi connectivity index (χ0v) is 13.6. The van der Waals surface area contributed by atoms with Gasteiger partial charge >= 0.3 is 0 Å². The molecule has 0 saturated carbocycles. The van der Waals surface area contributed by atoms with Crippen LogP contribution in [0.2, 0.25) is 0 Å². The number of hydrogen-bond donors (Lipinski definition) is 1. The van der Waals surface area contributed by atoms with Gasteiger partial charge in [-0.2, -0.15) is 0 Å². The second kappa shape index (κ2) is 6.83. The topological polar surface area (TPSA) is 55.2 Å². The molecule has 0 amide bonds. The van der Waals surface area contributed by atoms with Crippen LogP contribution in [0.25, 0.3) is 0 Å². The third kappa shape index (κ3) is 4.12. The number of halogens is 1. The van der Waals surface area contributed by atoms with Crippen LogP contribution in [-0.4, -0.2) is 4.92 Å². The number of benzene rings is 2. The van der Waals surface area contributed by atoms with E-state index < -0.39 is 0 Å². The van der Waals surface area contributed by atoms with Gasteiger partial charge in [-0.1, -0.05) is 34.1 Å². The van der Waals surface area contributed by atoms with Gasteiger partial charge in [0, 0.05) is 29.2 Å². The molecule has 0 aliphatic heterocycles. The maximum atomic E-state index is 11.0. The lowest BCUT2D eigenvalue weighted by atomic mass is 10.1. The highest BCUT2D eigenvalue weighted by Crippen LogP contribution is 2.23. The van der Waals surface area contributed by atoms with Crippen LogP contribution in [0.15, 0.2) is 40.9 Å². The van der Waals surface area contributed by atoms with Crippen LogP contribution >= 0.6 is 15.9 Å². The molecule has 5 heteroatoms. The first-order chi connectivity index (χ1) is 9.97. The minimum Gasteiger partial charge on any atom is -0.308 e. The number of nitro groups is 1. The molecule has 0 saturated heterocycles. The van der Waals surface area contributed by atoms with Gasteiger partial charge in [0.05, 0.1) is 4.92 Å². The first kappa shape index (κ1) is 15.7. The molecule has 0 spiro atoms. The van der Waals surface area contributed by atoms with Crippen LogP contribution in [0, 0.1) is 24.0 Å². The Morgan fingerprint density at radius 3 is 2.52 bits per heavy atom. The molecular weight excluding hydrogens is 332 g/mol. The second-order valence-electron chi connectivity index (χ2n) is 5.05. The summed E-state index contributed by atoms with van der Waals surface area (Å²) in [5.74, 6) is 0. The van der Waals surface area contributed by atoms with Gasteiger partial charge in [0.25, 0.3) is 5.69 Å². The fourth-order valence-corrected chi connectivity index (χ4v) is 2.54. The summed E-state index contributed by atoms with van der Waals surface area (Å²) in [4.78, 5) is 10.7. The van der Waals surface area contributed by atoms with E-state index in [0.717, 1.165) is 4.47 Å². The van der Waals surface area contributed by atoms with Gasteiger partial charge in [0.2, 0.25) is 0 Å². The number of nitrogens with one attached hydrogen (secondary N) is 1. The highest BCUT2D eigenvalue weighted by atomic mass is 79.9. The third-order valence-corrected chi connectivity index (χ3v) is 3.95. The van der Waals surface area contributed by atoms with Crippen LogP contribution in [0.4, 0.5) is 5.69 Å². The molecule has 0 heterocycles. The maximum absolute atomic E-state index is 11.0. The standard InChI is InChI=1S/C16H17BrN2O2/c1-11-3-4-13(7-12(11)2)9-18-10-14-8-15(17)5-6-16(14)19(20)21/h3-8,18H,9-10H2,1-2H3. The molecular formula is C16H17BrN2O2. The summed E-state index contributed by atoms with van der Waals surface area (Å²) < 4.78 is 0.844. The molecule has 0 aliphatic carbocycles. The average molecular weight is 349 g/mol. The number of nitrogens with zero attached hydrogens (tertiary/aromatic N) is 1. The van der Waals surface area contributed by atoms with Gasteiger partial charge in [-0.3, -0.25) is 10.1 Å². The first-order valence-corrected chi connectivity index (χ1v) is 7.46. The van der Waals surface area contributed by atoms with E-state index in [9.17, 15) is 10.1 Å². The zero-order valence-electron chi connectivity index (χ0n) is 12.0. The predicted molar refractivity (Wildman–Crippen MR) is 87.3 cm³/mol. The van der Waals surface area contributed by atoms with Gasteiger partial charge in [-0.05, 0) is 42.7 Å². The number of nitro benzene ring substituents is 1. The number of rotatable bonds is 5. The summed E-state index contributed by atoms with van der Waals surface area (Å²) in [6.07, 6.45) is 0. The van der Waals surface area contributed by atoms with E-state index in [1.54, 1.807) is 12.1 Å². The maximum Gasteiger partial charge on any atom is 0.273 e. The lowest BCUT2D eigenvalue weighted by Crippen LogP contribution is -2.14. The molecule has 2 aromatic carbocycles. The van der Waals surface area contributed by atoms with Gasteiger partial charge < -0.3 is 5.32 Å². The molecule has 0 fully saturated rings. The Kier molecular flexibility index (Phi) is 5.09. The second-order valence-corrected chi connectivity index (χ2v) is 5.97. The Bertz CT molecular complexity index is 671. The lowest BCUT2D eigenvalue weighted by molar-refractivity contribution is -0.385. The lowest BCUT2D eigenvalue weighted by Gasteiger charge is -2.08. The summed E-state index contributed by atoms with van der Waals surface area (Å²) >= 11 is 3.35. The van der Waals surface area contributed by atoms with Gasteiger partial charge in [-0.25, -0.2) is 0 Å². The molecule has 0 bridgehead atoms. The van der Waals surface area contributed by atoms with Crippen molar-refractivity contribution < 1.29 is 4.92 Å². The quantitative estimate of drug-likeness (QED) is 0.648. The van der Waals surface area contributed by atoms with Crippen LogP contribution in [-0.2, 0) is 13.1 Å². The van der Waals surface area contributed by atoms with E-state index in [1.807, 2.05) is 0 Å². The molecule has 0 aromatic heterocycles. The largest absolute Gasteiger partial charge is 0.308 e. The van der Waals surface area contributed by atoms with E-state index in [1.165, 1.54) is 22.8 Å². The Balaban J connectivity index is 2.04.